The number of benzene rings is 3. The lowest BCUT2D eigenvalue weighted by molar-refractivity contribution is 0.186. The van der Waals surface area contributed by atoms with Gasteiger partial charge in [-0.05, 0) is 59.3 Å². The molecule has 0 radical (unpaired) electrons. The number of fused-ring (bicyclic) bond motifs is 1. The summed E-state index contributed by atoms with van der Waals surface area (Å²) >= 11 is 0. The average Bonchev–Trinajstić information content (AvgIpc) is 2.77. The number of anilines is 1. The Kier molecular flexibility index (Phi) is 7.11. The molecule has 164 valence electrons. The summed E-state index contributed by atoms with van der Waals surface area (Å²) in [6.45, 7) is 0.349. The monoisotopic (exact) mass is 442 g/mol. The first kappa shape index (κ1) is 22.5. The number of amidine groups is 1. The third-order valence-corrected chi connectivity index (χ3v) is 6.34. The molecule has 1 atom stereocenters. The number of nitrogens with one attached hydrogen (secondary N) is 3. The molecular weight excluding hydrogens is 416 g/mol. The Morgan fingerprint density at radius 3 is 2.45 bits per heavy atom. The van der Waals surface area contributed by atoms with Crippen LogP contribution in [-0.4, -0.2) is 51.5 Å². The first-order chi connectivity index (χ1) is 14.8. The van der Waals surface area contributed by atoms with Gasteiger partial charge >= 0.3 is 0 Å². The summed E-state index contributed by atoms with van der Waals surface area (Å²) in [4.78, 5) is 0.207. The Hall–Kier alpha value is -3.14. The van der Waals surface area contributed by atoms with Crippen molar-refractivity contribution in [1.29, 1.82) is 5.41 Å². The van der Waals surface area contributed by atoms with Crippen LogP contribution in [-0.2, 0) is 9.84 Å². The van der Waals surface area contributed by atoms with E-state index in [0.29, 0.717) is 11.3 Å². The van der Waals surface area contributed by atoms with Crippen LogP contribution in [0.15, 0.2) is 65.6 Å². The van der Waals surface area contributed by atoms with Crippen LogP contribution in [0.4, 0.5) is 5.69 Å². The predicted molar refractivity (Wildman–Crippen MR) is 123 cm³/mol. The fraction of sp³-hybridized carbons (Fsp3) is 0.227. The fourth-order valence-electron chi connectivity index (χ4n) is 3.04. The molecular formula is C22H26N4O4S. The summed E-state index contributed by atoms with van der Waals surface area (Å²) in [5.41, 5.74) is 6.80. The average molecular weight is 443 g/mol. The molecule has 0 aliphatic heterocycles. The summed E-state index contributed by atoms with van der Waals surface area (Å²) in [5.74, 6) is 0.363. The lowest BCUT2D eigenvalue weighted by atomic mass is 10.1. The Morgan fingerprint density at radius 1 is 1.06 bits per heavy atom. The SMILES string of the molecule is COc1ccc2ccc(S(=O)(=O)CNCC(O)CNc3ccc(C(=N)N)cc3)cc2c1. The number of aliphatic hydroxyl groups is 1. The van der Waals surface area contributed by atoms with Gasteiger partial charge in [0.25, 0.3) is 0 Å². The van der Waals surface area contributed by atoms with Crippen molar-refractivity contribution in [2.75, 3.05) is 31.4 Å². The first-order valence-electron chi connectivity index (χ1n) is 9.66. The maximum Gasteiger partial charge on any atom is 0.191 e. The van der Waals surface area contributed by atoms with Gasteiger partial charge in [0.2, 0.25) is 0 Å². The summed E-state index contributed by atoms with van der Waals surface area (Å²) in [5, 5.41) is 25.1. The second-order valence-electron chi connectivity index (χ2n) is 7.11. The van der Waals surface area contributed by atoms with Gasteiger partial charge in [-0.2, -0.15) is 0 Å². The lowest BCUT2D eigenvalue weighted by Crippen LogP contribution is -2.35. The lowest BCUT2D eigenvalue weighted by Gasteiger charge is -2.14. The quantitative estimate of drug-likeness (QED) is 0.239. The molecule has 3 aromatic carbocycles. The normalized spacial score (nSPS) is 12.5. The minimum absolute atomic E-state index is 0.0115. The van der Waals surface area contributed by atoms with Crippen molar-refractivity contribution in [2.24, 2.45) is 5.73 Å². The van der Waals surface area contributed by atoms with Crippen LogP contribution in [0.5, 0.6) is 5.75 Å². The molecule has 0 heterocycles. The number of ether oxygens (including phenoxy) is 1. The minimum Gasteiger partial charge on any atom is -0.497 e. The molecule has 3 aromatic rings. The summed E-state index contributed by atoms with van der Waals surface area (Å²) in [7, 11) is -2.00. The smallest absolute Gasteiger partial charge is 0.191 e. The topological polar surface area (TPSA) is 138 Å². The van der Waals surface area contributed by atoms with E-state index in [0.717, 1.165) is 16.5 Å². The van der Waals surface area contributed by atoms with Crippen LogP contribution < -0.4 is 21.1 Å². The van der Waals surface area contributed by atoms with Crippen LogP contribution in [0.2, 0.25) is 0 Å². The zero-order valence-electron chi connectivity index (χ0n) is 17.1. The number of sulfone groups is 1. The number of nitrogen functional groups attached to an aromatic ring is 1. The molecule has 1 unspecified atom stereocenters. The van der Waals surface area contributed by atoms with Crippen LogP contribution in [0, 0.1) is 5.41 Å². The highest BCUT2D eigenvalue weighted by Gasteiger charge is 2.15. The Morgan fingerprint density at radius 2 is 1.77 bits per heavy atom. The van der Waals surface area contributed by atoms with Gasteiger partial charge in [-0.25, -0.2) is 8.42 Å². The Labute approximate surface area is 181 Å². The number of aliphatic hydroxyl groups excluding tert-OH is 1. The molecule has 0 saturated heterocycles. The molecule has 0 fully saturated rings. The maximum atomic E-state index is 12.7. The molecule has 9 heteroatoms. The van der Waals surface area contributed by atoms with Gasteiger partial charge in [0, 0.05) is 24.3 Å². The molecule has 0 bridgehead atoms. The van der Waals surface area contributed by atoms with Crippen LogP contribution in [0.1, 0.15) is 5.56 Å². The third-order valence-electron chi connectivity index (χ3n) is 4.79. The van der Waals surface area contributed by atoms with Crippen molar-refractivity contribution in [3.63, 3.8) is 0 Å². The Balaban J connectivity index is 1.52. The number of hydrogen-bond acceptors (Lipinski definition) is 7. The zero-order chi connectivity index (χ0) is 22.4. The molecule has 0 aliphatic rings. The molecule has 0 amide bonds. The Bertz CT molecular complexity index is 1160. The van der Waals surface area contributed by atoms with E-state index in [9.17, 15) is 13.5 Å². The van der Waals surface area contributed by atoms with E-state index < -0.39 is 15.9 Å². The van der Waals surface area contributed by atoms with Gasteiger partial charge in [-0.1, -0.05) is 12.1 Å². The van der Waals surface area contributed by atoms with Gasteiger partial charge in [0.15, 0.2) is 9.84 Å². The summed E-state index contributed by atoms with van der Waals surface area (Å²) in [6.07, 6.45) is -0.788. The van der Waals surface area contributed by atoms with E-state index in [2.05, 4.69) is 10.6 Å². The van der Waals surface area contributed by atoms with Crippen molar-refractivity contribution in [3.8, 4) is 5.75 Å². The molecule has 8 nitrogen and oxygen atoms in total. The van der Waals surface area contributed by atoms with E-state index in [1.807, 2.05) is 12.1 Å². The van der Waals surface area contributed by atoms with E-state index in [1.54, 1.807) is 55.6 Å². The summed E-state index contributed by atoms with van der Waals surface area (Å²) < 4.78 is 30.5. The standard InChI is InChI=1S/C22H26N4O4S/c1-30-20-8-4-15-5-9-21(11-17(15)10-20)31(28,29)14-25-12-19(27)13-26-18-6-2-16(3-7-18)22(23)24/h2-11,19,25-27H,12-14H2,1H3,(H3,23,24). The van der Waals surface area contributed by atoms with Crippen molar-refractivity contribution in [3.05, 3.63) is 66.2 Å². The highest BCUT2D eigenvalue weighted by atomic mass is 32.2. The number of rotatable bonds is 10. The van der Waals surface area contributed by atoms with E-state index in [1.165, 1.54) is 0 Å². The highest BCUT2D eigenvalue weighted by molar-refractivity contribution is 7.91. The molecule has 0 saturated carbocycles. The minimum atomic E-state index is -3.56. The second-order valence-corrected chi connectivity index (χ2v) is 9.10. The molecule has 3 rings (SSSR count). The molecule has 0 aliphatic carbocycles. The largest absolute Gasteiger partial charge is 0.497 e. The fourth-order valence-corrected chi connectivity index (χ4v) is 4.18. The van der Waals surface area contributed by atoms with Crippen LogP contribution in [0.25, 0.3) is 10.8 Å². The van der Waals surface area contributed by atoms with Crippen LogP contribution in [0.3, 0.4) is 0 Å². The van der Waals surface area contributed by atoms with Gasteiger partial charge in [0.05, 0.1) is 18.1 Å². The van der Waals surface area contributed by atoms with Crippen molar-refractivity contribution >= 4 is 32.1 Å². The van der Waals surface area contributed by atoms with Crippen molar-refractivity contribution in [1.82, 2.24) is 5.32 Å². The number of hydrogen-bond donors (Lipinski definition) is 5. The highest BCUT2D eigenvalue weighted by Crippen LogP contribution is 2.24. The molecule has 0 aromatic heterocycles. The van der Waals surface area contributed by atoms with Gasteiger partial charge in [-0.15, -0.1) is 0 Å². The van der Waals surface area contributed by atoms with Gasteiger partial charge in [-0.3, -0.25) is 5.41 Å². The molecule has 31 heavy (non-hydrogen) atoms. The predicted octanol–water partition coefficient (Wildman–Crippen LogP) is 1.93. The number of nitrogens with two attached hydrogens (primary N) is 1. The van der Waals surface area contributed by atoms with Crippen LogP contribution >= 0.6 is 0 Å². The van der Waals surface area contributed by atoms with E-state index in [4.69, 9.17) is 15.9 Å². The zero-order valence-corrected chi connectivity index (χ0v) is 17.9. The van der Waals surface area contributed by atoms with Crippen molar-refractivity contribution < 1.29 is 18.3 Å². The number of methoxy groups -OCH3 is 1. The van der Waals surface area contributed by atoms with Crippen molar-refractivity contribution in [2.45, 2.75) is 11.0 Å². The van der Waals surface area contributed by atoms with Gasteiger partial charge < -0.3 is 26.2 Å². The maximum absolute atomic E-state index is 12.7. The molecule has 6 N–H and O–H groups in total. The van der Waals surface area contributed by atoms with E-state index in [-0.39, 0.29) is 29.7 Å². The van der Waals surface area contributed by atoms with Gasteiger partial charge in [0.1, 0.15) is 17.5 Å². The third kappa shape index (κ3) is 5.94. The second kappa shape index (κ2) is 9.78. The molecule has 0 spiro atoms. The first-order valence-corrected chi connectivity index (χ1v) is 11.3. The van der Waals surface area contributed by atoms with E-state index >= 15 is 0 Å². The summed E-state index contributed by atoms with van der Waals surface area (Å²) in [6, 6.07) is 17.4.